The fraction of sp³-hybridized carbons (Fsp3) is 0.667. The normalized spacial score (nSPS) is 23.6. The Kier molecular flexibility index (Phi) is 4.64. The van der Waals surface area contributed by atoms with Gasteiger partial charge in [0.2, 0.25) is 0 Å². The Labute approximate surface area is 114 Å². The van der Waals surface area contributed by atoms with E-state index in [0.717, 1.165) is 25.7 Å². The summed E-state index contributed by atoms with van der Waals surface area (Å²) in [4.78, 5) is 12.2. The third-order valence-electron chi connectivity index (χ3n) is 3.96. The van der Waals surface area contributed by atoms with Gasteiger partial charge < -0.3 is 15.0 Å². The monoisotopic (exact) mass is 264 g/mol. The molecule has 1 heterocycles. The van der Waals surface area contributed by atoms with Crippen LogP contribution in [0, 0.1) is 5.92 Å². The van der Waals surface area contributed by atoms with Crippen LogP contribution in [0.2, 0.25) is 0 Å². The molecule has 1 fully saturated rings. The Bertz CT molecular complexity index is 426. The summed E-state index contributed by atoms with van der Waals surface area (Å²) < 4.78 is 1.96. The number of carbonyl (C=O) groups excluding carboxylic acids is 1. The lowest BCUT2D eigenvalue weighted by Crippen LogP contribution is -2.37. The first-order valence-corrected chi connectivity index (χ1v) is 7.22. The lowest BCUT2D eigenvalue weighted by atomic mass is 9.86. The van der Waals surface area contributed by atoms with E-state index in [-0.39, 0.29) is 24.0 Å². The molecule has 1 amide bonds. The van der Waals surface area contributed by atoms with Crippen LogP contribution in [0.25, 0.3) is 0 Å². The van der Waals surface area contributed by atoms with E-state index in [4.69, 9.17) is 0 Å². The van der Waals surface area contributed by atoms with Crippen molar-refractivity contribution in [1.29, 1.82) is 0 Å². The van der Waals surface area contributed by atoms with Crippen LogP contribution in [-0.4, -0.2) is 28.2 Å². The molecule has 0 aliphatic heterocycles. The molecule has 2 rings (SSSR count). The Balaban J connectivity index is 1.92. The Morgan fingerprint density at radius 3 is 2.89 bits per heavy atom. The van der Waals surface area contributed by atoms with E-state index in [1.54, 1.807) is 0 Å². The highest BCUT2D eigenvalue weighted by Crippen LogP contribution is 2.23. The minimum Gasteiger partial charge on any atom is -0.393 e. The number of hydrogen-bond acceptors (Lipinski definition) is 2. The molecule has 1 saturated carbocycles. The molecule has 4 nitrogen and oxygen atoms in total. The molecular formula is C15H24N2O2. The molecule has 4 heteroatoms. The summed E-state index contributed by atoms with van der Waals surface area (Å²) in [6, 6.07) is 4.01. The van der Waals surface area contributed by atoms with Gasteiger partial charge in [0.25, 0.3) is 5.91 Å². The lowest BCUT2D eigenvalue weighted by molar-refractivity contribution is 0.0660. The average Bonchev–Trinajstić information content (AvgIpc) is 2.87. The SMILES string of the molecule is CC(C)n1cccc1C(=O)NCC1CCCCC1O. The van der Waals surface area contributed by atoms with E-state index in [9.17, 15) is 9.90 Å². The number of rotatable bonds is 4. The zero-order valence-electron chi connectivity index (χ0n) is 11.8. The number of nitrogens with one attached hydrogen (secondary N) is 1. The van der Waals surface area contributed by atoms with Crippen molar-refractivity contribution < 1.29 is 9.90 Å². The highest BCUT2D eigenvalue weighted by molar-refractivity contribution is 5.92. The van der Waals surface area contributed by atoms with E-state index < -0.39 is 0 Å². The van der Waals surface area contributed by atoms with Crippen LogP contribution < -0.4 is 5.32 Å². The van der Waals surface area contributed by atoms with Gasteiger partial charge in [-0.2, -0.15) is 0 Å². The zero-order chi connectivity index (χ0) is 13.8. The number of aliphatic hydroxyl groups is 1. The standard InChI is InChI=1S/C15H24N2O2/c1-11(2)17-9-5-7-13(17)15(19)16-10-12-6-3-4-8-14(12)18/h5,7,9,11-12,14,18H,3-4,6,8,10H2,1-2H3,(H,16,19). The van der Waals surface area contributed by atoms with Crippen molar-refractivity contribution in [1.82, 2.24) is 9.88 Å². The smallest absolute Gasteiger partial charge is 0.267 e. The van der Waals surface area contributed by atoms with Crippen LogP contribution in [0.4, 0.5) is 0 Å². The number of hydrogen-bond donors (Lipinski definition) is 2. The first-order valence-electron chi connectivity index (χ1n) is 7.22. The van der Waals surface area contributed by atoms with Crippen molar-refractivity contribution in [3.8, 4) is 0 Å². The van der Waals surface area contributed by atoms with Gasteiger partial charge in [-0.05, 0) is 38.8 Å². The summed E-state index contributed by atoms with van der Waals surface area (Å²) in [5.74, 6) is 0.164. The third-order valence-corrected chi connectivity index (χ3v) is 3.96. The zero-order valence-corrected chi connectivity index (χ0v) is 11.8. The van der Waals surface area contributed by atoms with Gasteiger partial charge in [0.05, 0.1) is 6.10 Å². The summed E-state index contributed by atoms with van der Waals surface area (Å²) in [5.41, 5.74) is 0.695. The summed E-state index contributed by atoms with van der Waals surface area (Å²) in [6.07, 6.45) is 5.79. The van der Waals surface area contributed by atoms with Gasteiger partial charge in [0, 0.05) is 24.7 Å². The first-order chi connectivity index (χ1) is 9.09. The Hall–Kier alpha value is -1.29. The molecule has 0 radical (unpaired) electrons. The van der Waals surface area contributed by atoms with Gasteiger partial charge >= 0.3 is 0 Å². The van der Waals surface area contributed by atoms with Gasteiger partial charge in [0.1, 0.15) is 5.69 Å². The maximum Gasteiger partial charge on any atom is 0.267 e. The first kappa shape index (κ1) is 14.1. The van der Waals surface area contributed by atoms with Crippen molar-refractivity contribution in [2.75, 3.05) is 6.54 Å². The molecule has 0 saturated heterocycles. The maximum absolute atomic E-state index is 12.2. The molecule has 0 aromatic carbocycles. The van der Waals surface area contributed by atoms with Crippen molar-refractivity contribution >= 4 is 5.91 Å². The Morgan fingerprint density at radius 2 is 2.21 bits per heavy atom. The van der Waals surface area contributed by atoms with Gasteiger partial charge in [-0.1, -0.05) is 12.8 Å². The van der Waals surface area contributed by atoms with E-state index in [1.165, 1.54) is 0 Å². The second-order valence-corrected chi connectivity index (χ2v) is 5.72. The molecule has 2 N–H and O–H groups in total. The van der Waals surface area contributed by atoms with Crippen LogP contribution in [-0.2, 0) is 0 Å². The number of nitrogens with zero attached hydrogens (tertiary/aromatic N) is 1. The molecular weight excluding hydrogens is 240 g/mol. The second kappa shape index (κ2) is 6.24. The molecule has 0 spiro atoms. The Morgan fingerprint density at radius 1 is 1.47 bits per heavy atom. The highest BCUT2D eigenvalue weighted by Gasteiger charge is 2.23. The molecule has 2 unspecified atom stereocenters. The number of aromatic nitrogens is 1. The van der Waals surface area contributed by atoms with Crippen LogP contribution in [0.3, 0.4) is 0 Å². The van der Waals surface area contributed by atoms with Crippen molar-refractivity contribution in [2.24, 2.45) is 5.92 Å². The predicted octanol–water partition coefficient (Wildman–Crippen LogP) is 2.35. The molecule has 1 aromatic rings. The summed E-state index contributed by atoms with van der Waals surface area (Å²) in [7, 11) is 0. The lowest BCUT2D eigenvalue weighted by Gasteiger charge is -2.27. The quantitative estimate of drug-likeness (QED) is 0.877. The van der Waals surface area contributed by atoms with Crippen molar-refractivity contribution in [2.45, 2.75) is 51.7 Å². The molecule has 106 valence electrons. The molecule has 19 heavy (non-hydrogen) atoms. The van der Waals surface area contributed by atoms with Crippen LogP contribution in [0.5, 0.6) is 0 Å². The van der Waals surface area contributed by atoms with E-state index in [0.29, 0.717) is 12.2 Å². The fourth-order valence-corrected chi connectivity index (χ4v) is 2.78. The molecule has 1 aliphatic carbocycles. The van der Waals surface area contributed by atoms with E-state index in [1.807, 2.05) is 22.9 Å². The van der Waals surface area contributed by atoms with Crippen molar-refractivity contribution in [3.05, 3.63) is 24.0 Å². The fourth-order valence-electron chi connectivity index (χ4n) is 2.78. The average molecular weight is 264 g/mol. The highest BCUT2D eigenvalue weighted by atomic mass is 16.3. The topological polar surface area (TPSA) is 54.3 Å². The largest absolute Gasteiger partial charge is 0.393 e. The molecule has 1 aliphatic rings. The van der Waals surface area contributed by atoms with Crippen LogP contribution >= 0.6 is 0 Å². The minimum absolute atomic E-state index is 0.0449. The third kappa shape index (κ3) is 3.38. The number of amides is 1. The van der Waals surface area contributed by atoms with Crippen LogP contribution in [0.1, 0.15) is 56.1 Å². The van der Waals surface area contributed by atoms with E-state index in [2.05, 4.69) is 19.2 Å². The number of carbonyl (C=O) groups is 1. The molecule has 0 bridgehead atoms. The van der Waals surface area contributed by atoms with Gasteiger partial charge in [0.15, 0.2) is 0 Å². The summed E-state index contributed by atoms with van der Waals surface area (Å²) in [5, 5.41) is 12.9. The van der Waals surface area contributed by atoms with Gasteiger partial charge in [-0.25, -0.2) is 0 Å². The maximum atomic E-state index is 12.2. The number of aliphatic hydroxyl groups excluding tert-OH is 1. The summed E-state index contributed by atoms with van der Waals surface area (Å²) in [6.45, 7) is 4.69. The predicted molar refractivity (Wildman–Crippen MR) is 75.1 cm³/mol. The van der Waals surface area contributed by atoms with Crippen molar-refractivity contribution in [3.63, 3.8) is 0 Å². The molecule has 1 aromatic heterocycles. The van der Waals surface area contributed by atoms with E-state index >= 15 is 0 Å². The summed E-state index contributed by atoms with van der Waals surface area (Å²) >= 11 is 0. The minimum atomic E-state index is -0.258. The second-order valence-electron chi connectivity index (χ2n) is 5.72. The molecule has 2 atom stereocenters. The van der Waals surface area contributed by atoms with Gasteiger partial charge in [-0.3, -0.25) is 4.79 Å². The van der Waals surface area contributed by atoms with Gasteiger partial charge in [-0.15, -0.1) is 0 Å². The van der Waals surface area contributed by atoms with Crippen LogP contribution in [0.15, 0.2) is 18.3 Å².